The largest absolute Gasteiger partial charge is 0.431 e. The van der Waals surface area contributed by atoms with Crippen LogP contribution in [-0.4, -0.2) is 64.1 Å². The van der Waals surface area contributed by atoms with Gasteiger partial charge in [0.25, 0.3) is 5.91 Å². The molecule has 2 N–H and O–H groups in total. The maximum atomic E-state index is 12.6. The molecule has 1 aliphatic rings. The van der Waals surface area contributed by atoms with Crippen molar-refractivity contribution in [3.8, 4) is 0 Å². The summed E-state index contributed by atoms with van der Waals surface area (Å²) in [5, 5.41) is 9.05. The van der Waals surface area contributed by atoms with Crippen molar-refractivity contribution < 1.29 is 23.1 Å². The van der Waals surface area contributed by atoms with Crippen molar-refractivity contribution >= 4 is 5.91 Å². The normalized spacial score (nSPS) is 23.8. The van der Waals surface area contributed by atoms with Crippen molar-refractivity contribution in [2.45, 2.75) is 32.1 Å². The summed E-state index contributed by atoms with van der Waals surface area (Å²) in [6, 6.07) is 2.12. The number of carbonyl (C=O) groups excluding carboxylic acids is 1. The van der Waals surface area contributed by atoms with Gasteiger partial charge in [-0.1, -0.05) is 0 Å². The molecule has 0 unspecified atom stereocenters. The molecule has 2 heterocycles. The van der Waals surface area contributed by atoms with E-state index in [9.17, 15) is 18.0 Å². The quantitative estimate of drug-likeness (QED) is 0.889. The molecular weight excluding hydrogens is 299 g/mol. The molecule has 2 rings (SSSR count). The van der Waals surface area contributed by atoms with E-state index in [4.69, 9.17) is 5.11 Å². The van der Waals surface area contributed by atoms with Gasteiger partial charge >= 0.3 is 6.18 Å². The Kier molecular flexibility index (Phi) is 4.81. The van der Waals surface area contributed by atoms with E-state index in [0.717, 1.165) is 6.07 Å². The Morgan fingerprint density at radius 3 is 2.36 bits per heavy atom. The lowest BCUT2D eigenvalue weighted by Crippen LogP contribution is -2.58. The summed E-state index contributed by atoms with van der Waals surface area (Å²) in [6.07, 6.45) is -4.49. The number of aliphatic hydroxyl groups is 1. The average Bonchev–Trinajstić information content (AvgIpc) is 2.91. The van der Waals surface area contributed by atoms with Crippen molar-refractivity contribution in [1.82, 2.24) is 14.8 Å². The number of hydrogen-bond acceptors (Lipinski definition) is 3. The van der Waals surface area contributed by atoms with Gasteiger partial charge in [0.2, 0.25) is 0 Å². The second-order valence-corrected chi connectivity index (χ2v) is 5.65. The number of rotatable bonds is 3. The lowest BCUT2D eigenvalue weighted by molar-refractivity contribution is -0.140. The van der Waals surface area contributed by atoms with E-state index in [1.165, 1.54) is 6.07 Å². The van der Waals surface area contributed by atoms with Crippen LogP contribution in [0.25, 0.3) is 0 Å². The van der Waals surface area contributed by atoms with Crippen LogP contribution in [0.15, 0.2) is 12.1 Å². The molecule has 0 aromatic carbocycles. The highest BCUT2D eigenvalue weighted by Crippen LogP contribution is 2.28. The van der Waals surface area contributed by atoms with E-state index in [0.29, 0.717) is 19.6 Å². The number of amides is 1. The fourth-order valence-corrected chi connectivity index (χ4v) is 2.93. The van der Waals surface area contributed by atoms with Crippen LogP contribution in [0.4, 0.5) is 13.2 Å². The average molecular weight is 319 g/mol. The van der Waals surface area contributed by atoms with Gasteiger partial charge in [-0.25, -0.2) is 0 Å². The summed E-state index contributed by atoms with van der Waals surface area (Å²) in [7, 11) is 0. The Hall–Kier alpha value is -1.54. The fraction of sp³-hybridized carbons (Fsp3) is 0.643. The maximum Gasteiger partial charge on any atom is 0.431 e. The lowest BCUT2D eigenvalue weighted by atomic mass is 10.1. The van der Waals surface area contributed by atoms with E-state index < -0.39 is 17.8 Å². The molecule has 22 heavy (non-hydrogen) atoms. The van der Waals surface area contributed by atoms with Crippen LogP contribution in [-0.2, 0) is 6.18 Å². The number of piperazine rings is 1. The molecular formula is C14H20F3N3O2. The second kappa shape index (κ2) is 6.29. The van der Waals surface area contributed by atoms with Gasteiger partial charge in [-0.3, -0.25) is 9.69 Å². The summed E-state index contributed by atoms with van der Waals surface area (Å²) in [5.41, 5.74) is -0.974. The molecule has 1 aromatic rings. The summed E-state index contributed by atoms with van der Waals surface area (Å²) >= 11 is 0. The van der Waals surface area contributed by atoms with Crippen LogP contribution in [0.1, 0.15) is 30.0 Å². The first-order valence-corrected chi connectivity index (χ1v) is 7.16. The zero-order valence-electron chi connectivity index (χ0n) is 12.5. The first kappa shape index (κ1) is 16.8. The Morgan fingerprint density at radius 1 is 1.32 bits per heavy atom. The molecule has 124 valence electrons. The molecule has 0 bridgehead atoms. The SMILES string of the molecule is C[C@@H]1CN(C(=O)c2ccc(C(F)(F)F)[nH]2)C[C@H](C)N1CCO. The molecule has 1 saturated heterocycles. The fourth-order valence-electron chi connectivity index (χ4n) is 2.93. The first-order valence-electron chi connectivity index (χ1n) is 7.16. The number of nitrogens with zero attached hydrogens (tertiary/aromatic N) is 2. The van der Waals surface area contributed by atoms with E-state index >= 15 is 0 Å². The van der Waals surface area contributed by atoms with Gasteiger partial charge in [0.15, 0.2) is 0 Å². The zero-order chi connectivity index (χ0) is 16.5. The number of alkyl halides is 3. The van der Waals surface area contributed by atoms with Crippen LogP contribution < -0.4 is 0 Å². The molecule has 1 fully saturated rings. The topological polar surface area (TPSA) is 59.6 Å². The van der Waals surface area contributed by atoms with Gasteiger partial charge in [0, 0.05) is 31.7 Å². The summed E-state index contributed by atoms with van der Waals surface area (Å²) in [6.45, 7) is 5.26. The maximum absolute atomic E-state index is 12.6. The van der Waals surface area contributed by atoms with Gasteiger partial charge in [0.1, 0.15) is 11.4 Å². The van der Waals surface area contributed by atoms with E-state index in [1.807, 2.05) is 13.8 Å². The highest BCUT2D eigenvalue weighted by atomic mass is 19.4. The Bertz CT molecular complexity index is 518. The predicted octanol–water partition coefficient (Wildman–Crippen LogP) is 1.56. The van der Waals surface area contributed by atoms with Crippen LogP contribution in [0.3, 0.4) is 0 Å². The minimum absolute atomic E-state index is 0.0359. The highest BCUT2D eigenvalue weighted by Gasteiger charge is 2.35. The number of aliphatic hydroxyl groups excluding tert-OH is 1. The number of aromatic amines is 1. The smallest absolute Gasteiger partial charge is 0.395 e. The van der Waals surface area contributed by atoms with Crippen molar-refractivity contribution in [3.05, 3.63) is 23.5 Å². The third-order valence-corrected chi connectivity index (χ3v) is 3.97. The summed E-state index contributed by atoms with van der Waals surface area (Å²) < 4.78 is 37.7. The van der Waals surface area contributed by atoms with Gasteiger partial charge in [-0.15, -0.1) is 0 Å². The lowest BCUT2D eigenvalue weighted by Gasteiger charge is -2.44. The number of nitrogens with one attached hydrogen (secondary N) is 1. The Balaban J connectivity index is 2.09. The van der Waals surface area contributed by atoms with E-state index in [2.05, 4.69) is 9.88 Å². The Morgan fingerprint density at radius 2 is 1.91 bits per heavy atom. The number of hydrogen-bond donors (Lipinski definition) is 2. The molecule has 1 amide bonds. The van der Waals surface area contributed by atoms with Crippen LogP contribution >= 0.6 is 0 Å². The molecule has 1 aliphatic heterocycles. The zero-order valence-corrected chi connectivity index (χ0v) is 12.5. The third kappa shape index (κ3) is 3.44. The first-order chi connectivity index (χ1) is 10.2. The van der Waals surface area contributed by atoms with Crippen molar-refractivity contribution in [1.29, 1.82) is 0 Å². The molecule has 0 aliphatic carbocycles. The minimum atomic E-state index is -4.49. The molecule has 0 radical (unpaired) electrons. The molecule has 0 saturated carbocycles. The molecule has 0 spiro atoms. The van der Waals surface area contributed by atoms with Crippen LogP contribution in [0.2, 0.25) is 0 Å². The summed E-state index contributed by atoms with van der Waals surface area (Å²) in [5.74, 6) is -0.433. The monoisotopic (exact) mass is 319 g/mol. The van der Waals surface area contributed by atoms with E-state index in [1.54, 1.807) is 4.90 Å². The predicted molar refractivity (Wildman–Crippen MR) is 74.4 cm³/mol. The molecule has 1 aromatic heterocycles. The van der Waals surface area contributed by atoms with Gasteiger partial charge in [-0.05, 0) is 26.0 Å². The standard InChI is InChI=1S/C14H20F3N3O2/c1-9-7-19(8-10(2)20(9)5-6-21)13(22)11-3-4-12(18-11)14(15,16)17/h3-4,9-10,18,21H,5-8H2,1-2H3/t9-,10+. The van der Waals surface area contributed by atoms with Crippen molar-refractivity contribution in [2.75, 3.05) is 26.2 Å². The minimum Gasteiger partial charge on any atom is -0.395 e. The van der Waals surface area contributed by atoms with Gasteiger partial charge in [0.05, 0.1) is 6.61 Å². The van der Waals surface area contributed by atoms with E-state index in [-0.39, 0.29) is 24.4 Å². The van der Waals surface area contributed by atoms with Crippen molar-refractivity contribution in [3.63, 3.8) is 0 Å². The third-order valence-electron chi connectivity index (χ3n) is 3.97. The van der Waals surface area contributed by atoms with Crippen LogP contribution in [0, 0.1) is 0 Å². The Labute approximate surface area is 126 Å². The number of β-amino-alcohol motifs (C(OH)–C–C–N with tert-alkyl or cyclic N) is 1. The molecule has 5 nitrogen and oxygen atoms in total. The van der Waals surface area contributed by atoms with Crippen molar-refractivity contribution in [2.24, 2.45) is 0 Å². The number of halogens is 3. The second-order valence-electron chi connectivity index (χ2n) is 5.65. The molecule has 2 atom stereocenters. The number of aromatic nitrogens is 1. The van der Waals surface area contributed by atoms with Gasteiger partial charge < -0.3 is 15.0 Å². The van der Waals surface area contributed by atoms with Crippen LogP contribution in [0.5, 0.6) is 0 Å². The summed E-state index contributed by atoms with van der Waals surface area (Å²) in [4.78, 5) is 18.1. The highest BCUT2D eigenvalue weighted by molar-refractivity contribution is 5.92. The molecule has 8 heteroatoms. The number of carbonyl (C=O) groups is 1. The number of H-pyrrole nitrogens is 1. The van der Waals surface area contributed by atoms with Gasteiger partial charge in [-0.2, -0.15) is 13.2 Å².